The van der Waals surface area contributed by atoms with Gasteiger partial charge in [0.1, 0.15) is 10.7 Å². The van der Waals surface area contributed by atoms with Crippen LogP contribution in [0.25, 0.3) is 10.7 Å². The summed E-state index contributed by atoms with van der Waals surface area (Å²) in [6.07, 6.45) is 4.99. The Labute approximate surface area is 125 Å². The number of pyridine rings is 1. The summed E-state index contributed by atoms with van der Waals surface area (Å²) in [4.78, 5) is 10.7. The molecule has 4 heteroatoms. The molecule has 0 bridgehead atoms. The summed E-state index contributed by atoms with van der Waals surface area (Å²) in [7, 11) is 0. The van der Waals surface area contributed by atoms with E-state index < -0.39 is 0 Å². The maximum absolute atomic E-state index is 4.80. The molecule has 0 fully saturated rings. The van der Waals surface area contributed by atoms with E-state index >= 15 is 0 Å². The lowest BCUT2D eigenvalue weighted by Gasteiger charge is -2.02. The Bertz CT molecular complexity index is 548. The SMILES string of the molecule is CCCNCc1sc(-c2ncccc2CC)nc1CC. The Morgan fingerprint density at radius 3 is 2.75 bits per heavy atom. The Morgan fingerprint density at radius 2 is 2.05 bits per heavy atom. The first-order chi connectivity index (χ1) is 9.80. The summed E-state index contributed by atoms with van der Waals surface area (Å²) in [5.41, 5.74) is 3.54. The molecule has 2 aromatic rings. The summed E-state index contributed by atoms with van der Waals surface area (Å²) < 4.78 is 0. The van der Waals surface area contributed by atoms with Crippen LogP contribution in [0.2, 0.25) is 0 Å². The molecule has 0 unspecified atom stereocenters. The number of nitrogens with zero attached hydrogens (tertiary/aromatic N) is 2. The molecule has 0 atom stereocenters. The highest BCUT2D eigenvalue weighted by molar-refractivity contribution is 7.15. The van der Waals surface area contributed by atoms with Gasteiger partial charge in [0.05, 0.1) is 5.69 Å². The highest BCUT2D eigenvalue weighted by Crippen LogP contribution is 2.29. The second-order valence-electron chi connectivity index (χ2n) is 4.78. The Morgan fingerprint density at radius 1 is 1.20 bits per heavy atom. The smallest absolute Gasteiger partial charge is 0.142 e. The van der Waals surface area contributed by atoms with Gasteiger partial charge < -0.3 is 5.32 Å². The van der Waals surface area contributed by atoms with E-state index in [1.807, 2.05) is 12.3 Å². The zero-order valence-electron chi connectivity index (χ0n) is 12.6. The van der Waals surface area contributed by atoms with E-state index in [9.17, 15) is 0 Å². The summed E-state index contributed by atoms with van der Waals surface area (Å²) in [6, 6.07) is 4.14. The minimum absolute atomic E-state index is 0.920. The molecule has 0 radical (unpaired) electrons. The summed E-state index contributed by atoms with van der Waals surface area (Å²) in [5.74, 6) is 0. The van der Waals surface area contributed by atoms with Gasteiger partial charge in [0, 0.05) is 17.6 Å². The van der Waals surface area contributed by atoms with Crippen molar-refractivity contribution in [2.24, 2.45) is 0 Å². The fourth-order valence-corrected chi connectivity index (χ4v) is 3.35. The van der Waals surface area contributed by atoms with Crippen molar-refractivity contribution in [2.45, 2.75) is 46.6 Å². The van der Waals surface area contributed by atoms with Crippen LogP contribution in [0.5, 0.6) is 0 Å². The fraction of sp³-hybridized carbons (Fsp3) is 0.500. The molecule has 0 aliphatic carbocycles. The third kappa shape index (κ3) is 3.44. The molecule has 0 aliphatic heterocycles. The highest BCUT2D eigenvalue weighted by Gasteiger charge is 2.14. The fourth-order valence-electron chi connectivity index (χ4n) is 2.19. The van der Waals surface area contributed by atoms with E-state index in [0.29, 0.717) is 0 Å². The predicted molar refractivity (Wildman–Crippen MR) is 86.1 cm³/mol. The van der Waals surface area contributed by atoms with Crippen LogP contribution in [-0.4, -0.2) is 16.5 Å². The number of aromatic nitrogens is 2. The first-order valence-electron chi connectivity index (χ1n) is 7.43. The molecule has 0 spiro atoms. The first kappa shape index (κ1) is 15.1. The average molecular weight is 289 g/mol. The number of hydrogen-bond acceptors (Lipinski definition) is 4. The minimum atomic E-state index is 0.920. The molecule has 1 N–H and O–H groups in total. The van der Waals surface area contributed by atoms with E-state index in [1.165, 1.54) is 16.1 Å². The Balaban J connectivity index is 2.28. The number of nitrogens with one attached hydrogen (secondary N) is 1. The molecule has 0 saturated heterocycles. The Kier molecular flexibility index (Phi) is 5.68. The van der Waals surface area contributed by atoms with Gasteiger partial charge in [-0.25, -0.2) is 4.98 Å². The molecule has 2 aromatic heterocycles. The molecule has 2 rings (SSSR count). The van der Waals surface area contributed by atoms with Crippen LogP contribution in [0.3, 0.4) is 0 Å². The molecule has 108 valence electrons. The van der Waals surface area contributed by atoms with Crippen molar-refractivity contribution in [2.75, 3.05) is 6.54 Å². The maximum atomic E-state index is 4.80. The minimum Gasteiger partial charge on any atom is -0.312 e. The third-order valence-electron chi connectivity index (χ3n) is 3.30. The van der Waals surface area contributed by atoms with Gasteiger partial charge in [-0.1, -0.05) is 26.8 Å². The van der Waals surface area contributed by atoms with Crippen molar-refractivity contribution in [3.63, 3.8) is 0 Å². The van der Waals surface area contributed by atoms with Gasteiger partial charge >= 0.3 is 0 Å². The van der Waals surface area contributed by atoms with Gasteiger partial charge in [-0.2, -0.15) is 0 Å². The van der Waals surface area contributed by atoms with E-state index in [4.69, 9.17) is 4.98 Å². The van der Waals surface area contributed by atoms with E-state index in [1.54, 1.807) is 11.3 Å². The van der Waals surface area contributed by atoms with Crippen molar-refractivity contribution in [1.82, 2.24) is 15.3 Å². The topological polar surface area (TPSA) is 37.8 Å². The number of rotatable bonds is 7. The molecule has 2 heterocycles. The monoisotopic (exact) mass is 289 g/mol. The summed E-state index contributed by atoms with van der Waals surface area (Å²) in [6.45, 7) is 8.50. The van der Waals surface area contributed by atoms with E-state index in [-0.39, 0.29) is 0 Å². The Hall–Kier alpha value is -1.26. The molecular formula is C16H23N3S. The van der Waals surface area contributed by atoms with Crippen molar-refractivity contribution in [3.05, 3.63) is 34.5 Å². The zero-order chi connectivity index (χ0) is 14.4. The predicted octanol–water partition coefficient (Wildman–Crippen LogP) is 3.83. The van der Waals surface area contributed by atoms with E-state index in [2.05, 4.69) is 37.1 Å². The van der Waals surface area contributed by atoms with Gasteiger partial charge in [-0.15, -0.1) is 11.3 Å². The molecule has 0 amide bonds. The second kappa shape index (κ2) is 7.50. The third-order valence-corrected chi connectivity index (χ3v) is 4.40. The van der Waals surface area contributed by atoms with Gasteiger partial charge in [0.2, 0.25) is 0 Å². The first-order valence-corrected chi connectivity index (χ1v) is 8.25. The lowest BCUT2D eigenvalue weighted by atomic mass is 10.1. The number of hydrogen-bond donors (Lipinski definition) is 1. The summed E-state index contributed by atoms with van der Waals surface area (Å²) in [5, 5.41) is 4.53. The standard InChI is InChI=1S/C16H23N3S/c1-4-9-17-11-14-13(6-3)19-16(20-14)15-12(5-2)8-7-10-18-15/h7-8,10,17H,4-6,9,11H2,1-3H3. The molecule has 20 heavy (non-hydrogen) atoms. The van der Waals surface area contributed by atoms with Crippen molar-refractivity contribution >= 4 is 11.3 Å². The van der Waals surface area contributed by atoms with Gasteiger partial charge in [0.15, 0.2) is 0 Å². The van der Waals surface area contributed by atoms with Crippen LogP contribution >= 0.6 is 11.3 Å². The van der Waals surface area contributed by atoms with Crippen molar-refractivity contribution < 1.29 is 0 Å². The van der Waals surface area contributed by atoms with Gasteiger partial charge in [-0.3, -0.25) is 4.98 Å². The molecular weight excluding hydrogens is 266 g/mol. The summed E-state index contributed by atoms with van der Waals surface area (Å²) >= 11 is 1.78. The van der Waals surface area contributed by atoms with E-state index in [0.717, 1.165) is 43.1 Å². The molecule has 0 aliphatic rings. The van der Waals surface area contributed by atoms with Crippen molar-refractivity contribution in [1.29, 1.82) is 0 Å². The highest BCUT2D eigenvalue weighted by atomic mass is 32.1. The second-order valence-corrected chi connectivity index (χ2v) is 5.87. The number of thiazole rings is 1. The molecule has 0 saturated carbocycles. The number of aryl methyl sites for hydroxylation is 2. The molecule has 0 aromatic carbocycles. The zero-order valence-corrected chi connectivity index (χ0v) is 13.4. The van der Waals surface area contributed by atoms with Crippen molar-refractivity contribution in [3.8, 4) is 10.7 Å². The van der Waals surface area contributed by atoms with Crippen LogP contribution in [0.1, 0.15) is 43.3 Å². The van der Waals surface area contributed by atoms with Crippen LogP contribution in [0.15, 0.2) is 18.3 Å². The quantitative estimate of drug-likeness (QED) is 0.787. The lowest BCUT2D eigenvalue weighted by Crippen LogP contribution is -2.13. The van der Waals surface area contributed by atoms with Crippen LogP contribution < -0.4 is 5.32 Å². The maximum Gasteiger partial charge on any atom is 0.142 e. The largest absolute Gasteiger partial charge is 0.312 e. The lowest BCUT2D eigenvalue weighted by molar-refractivity contribution is 0.677. The normalized spacial score (nSPS) is 10.9. The average Bonchev–Trinajstić information content (AvgIpc) is 2.90. The van der Waals surface area contributed by atoms with Crippen LogP contribution in [0.4, 0.5) is 0 Å². The molecule has 3 nitrogen and oxygen atoms in total. The van der Waals surface area contributed by atoms with Gasteiger partial charge in [0.25, 0.3) is 0 Å². The van der Waals surface area contributed by atoms with Crippen LogP contribution in [-0.2, 0) is 19.4 Å². The van der Waals surface area contributed by atoms with Crippen LogP contribution in [0, 0.1) is 0 Å². The van der Waals surface area contributed by atoms with Gasteiger partial charge in [-0.05, 0) is 37.4 Å².